The average Bonchev–Trinajstić information content (AvgIpc) is 2.89. The first-order chi connectivity index (χ1) is 17.1. The second-order valence-electron chi connectivity index (χ2n) is 10.1. The van der Waals surface area contributed by atoms with E-state index in [1.165, 1.54) is 29.7 Å². The van der Waals surface area contributed by atoms with Crippen LogP contribution >= 0.6 is 0 Å². The molecular formula is C30H35BN2O2. The highest BCUT2D eigenvalue weighted by Crippen LogP contribution is 2.44. The molecule has 2 aromatic carbocycles. The van der Waals surface area contributed by atoms with Crippen LogP contribution in [0.4, 0.5) is 0 Å². The van der Waals surface area contributed by atoms with Crippen molar-refractivity contribution in [3.8, 4) is 11.5 Å². The Morgan fingerprint density at radius 1 is 1.11 bits per heavy atom. The zero-order valence-corrected chi connectivity index (χ0v) is 20.6. The zero-order valence-electron chi connectivity index (χ0n) is 20.6. The highest BCUT2D eigenvalue weighted by molar-refractivity contribution is 6.24. The molecule has 2 unspecified atom stereocenters. The topological polar surface area (TPSA) is 44.7 Å². The first-order valence-corrected chi connectivity index (χ1v) is 12.8. The molecular weight excluding hydrogens is 431 g/mol. The van der Waals surface area contributed by atoms with Crippen LogP contribution in [0, 0.1) is 11.8 Å². The number of hydrogen-bond donors (Lipinski definition) is 2. The monoisotopic (exact) mass is 466 g/mol. The molecule has 2 N–H and O–H groups in total. The average molecular weight is 466 g/mol. The fourth-order valence-electron chi connectivity index (χ4n) is 5.81. The van der Waals surface area contributed by atoms with Crippen molar-refractivity contribution in [2.45, 2.75) is 38.1 Å². The predicted molar refractivity (Wildman–Crippen MR) is 143 cm³/mol. The van der Waals surface area contributed by atoms with Gasteiger partial charge >= 0.3 is 0 Å². The lowest BCUT2D eigenvalue weighted by Gasteiger charge is -2.37. The number of phenols is 1. The molecule has 2 radical (unpaired) electrons. The summed E-state index contributed by atoms with van der Waals surface area (Å²) in [5, 5.41) is 14.3. The van der Waals surface area contributed by atoms with Crippen molar-refractivity contribution < 1.29 is 9.84 Å². The Bertz CT molecular complexity index is 1130. The largest absolute Gasteiger partial charge is 0.508 e. The Morgan fingerprint density at radius 3 is 2.74 bits per heavy atom. The maximum atomic E-state index is 10.5. The molecule has 1 fully saturated rings. The van der Waals surface area contributed by atoms with E-state index >= 15 is 0 Å². The number of fused-ring (bicyclic) bond motifs is 1. The molecule has 2 aliphatic carbocycles. The van der Waals surface area contributed by atoms with Crippen LogP contribution < -0.4 is 10.1 Å². The van der Waals surface area contributed by atoms with E-state index in [2.05, 4.69) is 46.6 Å². The summed E-state index contributed by atoms with van der Waals surface area (Å²) in [6.07, 6.45) is 10.8. The summed E-state index contributed by atoms with van der Waals surface area (Å²) in [7, 11) is 8.15. The van der Waals surface area contributed by atoms with Crippen LogP contribution in [0.25, 0.3) is 0 Å². The molecule has 2 aromatic rings. The molecule has 0 amide bonds. The van der Waals surface area contributed by atoms with Gasteiger partial charge in [-0.25, -0.2) is 0 Å². The fraction of sp³-hybridized carbons (Fsp3) is 0.400. The third kappa shape index (κ3) is 5.51. The number of benzene rings is 2. The third-order valence-electron chi connectivity index (χ3n) is 7.84. The summed E-state index contributed by atoms with van der Waals surface area (Å²) in [6.45, 7) is 4.20. The molecule has 1 aliphatic heterocycles. The number of allylic oxidation sites excluding steroid dienone is 5. The predicted octanol–water partition coefficient (Wildman–Crippen LogP) is 5.27. The van der Waals surface area contributed by atoms with E-state index in [-0.39, 0.29) is 5.92 Å². The molecule has 5 heteroatoms. The summed E-state index contributed by atoms with van der Waals surface area (Å²) in [4.78, 5) is 2.55. The van der Waals surface area contributed by atoms with E-state index in [9.17, 15) is 5.11 Å². The van der Waals surface area contributed by atoms with Gasteiger partial charge in [0.15, 0.2) is 0 Å². The first kappa shape index (κ1) is 23.8. The van der Waals surface area contributed by atoms with Gasteiger partial charge in [-0.2, -0.15) is 0 Å². The Labute approximate surface area is 210 Å². The first-order valence-electron chi connectivity index (χ1n) is 12.8. The molecule has 0 bridgehead atoms. The Balaban J connectivity index is 1.22. The summed E-state index contributed by atoms with van der Waals surface area (Å²) in [6, 6.07) is 16.1. The van der Waals surface area contributed by atoms with Gasteiger partial charge in [0.05, 0.1) is 7.11 Å². The molecule has 0 aromatic heterocycles. The molecule has 2 atom stereocenters. The highest BCUT2D eigenvalue weighted by atomic mass is 16.5. The van der Waals surface area contributed by atoms with Crippen LogP contribution in [0.1, 0.15) is 42.7 Å². The standard InChI is InChI=1S/C30H35BN2O2/c1-35-24-7-4-6-22(16-24)20-33-14-12-21(13-15-33)19-32-29-18-23(25-8-2-3-11-30(25)34)17-27-26(29)9-5-10-28(27)31/h2-8,10-11,16,18,21,23,26,32,34H,9,12-15,17,19-20H2,1H3. The maximum absolute atomic E-state index is 10.5. The molecule has 4 nitrogen and oxygen atoms in total. The van der Waals surface area contributed by atoms with Crippen molar-refractivity contribution in [3.63, 3.8) is 0 Å². The normalized spacial score (nSPS) is 23.1. The number of hydrogen-bond acceptors (Lipinski definition) is 4. The molecule has 0 spiro atoms. The van der Waals surface area contributed by atoms with Crippen molar-refractivity contribution in [3.05, 3.63) is 94.6 Å². The smallest absolute Gasteiger partial charge is 0.119 e. The Kier molecular flexibility index (Phi) is 7.33. The van der Waals surface area contributed by atoms with E-state index in [1.807, 2.05) is 24.3 Å². The van der Waals surface area contributed by atoms with Gasteiger partial charge in [-0.05, 0) is 68.5 Å². The number of rotatable bonds is 7. The number of ether oxygens (including phenoxy) is 1. The highest BCUT2D eigenvalue weighted by Gasteiger charge is 2.31. The molecule has 3 aliphatic rings. The number of methoxy groups -OCH3 is 1. The number of aromatic hydroxyl groups is 1. The molecule has 1 heterocycles. The van der Waals surface area contributed by atoms with Crippen molar-refractivity contribution in [1.29, 1.82) is 0 Å². The lowest BCUT2D eigenvalue weighted by molar-refractivity contribution is 0.176. The van der Waals surface area contributed by atoms with E-state index in [0.29, 0.717) is 17.6 Å². The van der Waals surface area contributed by atoms with Crippen LogP contribution in [0.3, 0.4) is 0 Å². The summed E-state index contributed by atoms with van der Waals surface area (Å²) in [5.74, 6) is 2.42. The summed E-state index contributed by atoms with van der Waals surface area (Å²) >= 11 is 0. The van der Waals surface area contributed by atoms with Crippen LogP contribution in [-0.2, 0) is 6.54 Å². The van der Waals surface area contributed by atoms with E-state index in [1.54, 1.807) is 13.2 Å². The molecule has 5 rings (SSSR count). The quantitative estimate of drug-likeness (QED) is 0.546. The summed E-state index contributed by atoms with van der Waals surface area (Å²) < 4.78 is 5.38. The fourth-order valence-corrected chi connectivity index (χ4v) is 5.81. The zero-order chi connectivity index (χ0) is 24.2. The SMILES string of the molecule is [B]C1=C2CC(c3ccccc3O)C=C(NCC3CCN(Cc4cccc(OC)c4)CC3)C2CC=C1. The van der Waals surface area contributed by atoms with Gasteiger partial charge in [-0.15, -0.1) is 0 Å². The number of nitrogens with zero attached hydrogens (tertiary/aromatic N) is 1. The van der Waals surface area contributed by atoms with Crippen molar-refractivity contribution in [2.24, 2.45) is 11.8 Å². The third-order valence-corrected chi connectivity index (χ3v) is 7.84. The molecule has 180 valence electrons. The number of likely N-dealkylation sites (tertiary alicyclic amines) is 1. The van der Waals surface area contributed by atoms with Gasteiger partial charge in [-0.1, -0.05) is 59.6 Å². The number of para-hydroxylation sites is 1. The number of nitrogens with one attached hydrogen (secondary N) is 1. The van der Waals surface area contributed by atoms with Crippen LogP contribution in [0.2, 0.25) is 0 Å². The van der Waals surface area contributed by atoms with Crippen LogP contribution in [-0.4, -0.2) is 44.6 Å². The Morgan fingerprint density at radius 2 is 1.94 bits per heavy atom. The van der Waals surface area contributed by atoms with Gasteiger partial charge in [0.25, 0.3) is 0 Å². The van der Waals surface area contributed by atoms with Gasteiger partial charge < -0.3 is 15.2 Å². The Hall–Kier alpha value is -2.92. The lowest BCUT2D eigenvalue weighted by Crippen LogP contribution is -2.38. The van der Waals surface area contributed by atoms with Gasteiger partial charge in [0.2, 0.25) is 0 Å². The van der Waals surface area contributed by atoms with Gasteiger partial charge in [-0.3, -0.25) is 4.90 Å². The van der Waals surface area contributed by atoms with Crippen LogP contribution in [0.15, 0.2) is 83.5 Å². The molecule has 35 heavy (non-hydrogen) atoms. The van der Waals surface area contributed by atoms with Gasteiger partial charge in [0.1, 0.15) is 19.3 Å². The minimum Gasteiger partial charge on any atom is -0.508 e. The molecule has 0 saturated carbocycles. The van der Waals surface area contributed by atoms with E-state index in [4.69, 9.17) is 12.6 Å². The van der Waals surface area contributed by atoms with E-state index < -0.39 is 0 Å². The lowest BCUT2D eigenvalue weighted by atomic mass is 9.69. The number of phenolic OH excluding ortho intramolecular Hbond substituents is 1. The summed E-state index contributed by atoms with van der Waals surface area (Å²) in [5.41, 5.74) is 5.75. The van der Waals surface area contributed by atoms with E-state index in [0.717, 1.165) is 55.8 Å². The van der Waals surface area contributed by atoms with Gasteiger partial charge in [0, 0.05) is 36.2 Å². The van der Waals surface area contributed by atoms with Crippen molar-refractivity contribution >= 4 is 7.85 Å². The molecule has 1 saturated heterocycles. The maximum Gasteiger partial charge on any atom is 0.119 e. The minimum absolute atomic E-state index is 0.139. The van der Waals surface area contributed by atoms with Crippen molar-refractivity contribution in [1.82, 2.24) is 10.2 Å². The second kappa shape index (κ2) is 10.8. The second-order valence-corrected chi connectivity index (χ2v) is 10.1. The van der Waals surface area contributed by atoms with Crippen molar-refractivity contribution in [2.75, 3.05) is 26.7 Å². The number of piperidine rings is 1. The van der Waals surface area contributed by atoms with Crippen LogP contribution in [0.5, 0.6) is 11.5 Å². The minimum atomic E-state index is 0.139.